The summed E-state index contributed by atoms with van der Waals surface area (Å²) < 4.78 is 4.97. The predicted molar refractivity (Wildman–Crippen MR) is 53.5 cm³/mol. The standard InChI is InChI=1S/C8H10N4O3/c9-7-1-6(12(13)14)2-10-8(7)11-5-3-15-4-5/h1-2,5H,3-4,9H2,(H,10,11). The van der Waals surface area contributed by atoms with E-state index in [0.29, 0.717) is 19.0 Å². The summed E-state index contributed by atoms with van der Waals surface area (Å²) in [6, 6.07) is 1.48. The van der Waals surface area contributed by atoms with E-state index in [1.807, 2.05) is 0 Å². The smallest absolute Gasteiger partial charge is 0.289 e. The minimum Gasteiger partial charge on any atom is -0.396 e. The molecule has 0 aromatic carbocycles. The highest BCUT2D eigenvalue weighted by molar-refractivity contribution is 5.64. The fourth-order valence-electron chi connectivity index (χ4n) is 1.20. The molecule has 2 heterocycles. The SMILES string of the molecule is Nc1cc([N+](=O)[O-])cnc1NC1COC1. The van der Waals surface area contributed by atoms with Crippen LogP contribution in [0.15, 0.2) is 12.3 Å². The van der Waals surface area contributed by atoms with Crippen LogP contribution >= 0.6 is 0 Å². The zero-order valence-corrected chi connectivity index (χ0v) is 7.84. The maximum atomic E-state index is 10.4. The average Bonchev–Trinajstić information content (AvgIpc) is 2.12. The molecule has 1 saturated heterocycles. The molecule has 7 heteroatoms. The summed E-state index contributed by atoms with van der Waals surface area (Å²) >= 11 is 0. The van der Waals surface area contributed by atoms with Gasteiger partial charge in [-0.2, -0.15) is 0 Å². The van der Waals surface area contributed by atoms with Crippen molar-refractivity contribution >= 4 is 17.2 Å². The van der Waals surface area contributed by atoms with Gasteiger partial charge in [-0.3, -0.25) is 10.1 Å². The normalized spacial score (nSPS) is 15.7. The van der Waals surface area contributed by atoms with Gasteiger partial charge in [0, 0.05) is 6.07 Å². The maximum absolute atomic E-state index is 10.4. The molecular weight excluding hydrogens is 200 g/mol. The second kappa shape index (κ2) is 3.70. The van der Waals surface area contributed by atoms with Gasteiger partial charge in [0.15, 0.2) is 0 Å². The lowest BCUT2D eigenvalue weighted by Gasteiger charge is -2.27. The molecule has 0 spiro atoms. The lowest BCUT2D eigenvalue weighted by molar-refractivity contribution is -0.385. The first-order chi connectivity index (χ1) is 7.16. The molecule has 0 amide bonds. The molecule has 1 aliphatic rings. The first kappa shape index (κ1) is 9.66. The molecule has 7 nitrogen and oxygen atoms in total. The van der Waals surface area contributed by atoms with Gasteiger partial charge < -0.3 is 15.8 Å². The van der Waals surface area contributed by atoms with Crippen molar-refractivity contribution in [3.8, 4) is 0 Å². The van der Waals surface area contributed by atoms with E-state index in [-0.39, 0.29) is 17.4 Å². The van der Waals surface area contributed by atoms with E-state index in [2.05, 4.69) is 10.3 Å². The summed E-state index contributed by atoms with van der Waals surface area (Å²) in [5.74, 6) is 0.467. The van der Waals surface area contributed by atoms with Crippen molar-refractivity contribution in [3.05, 3.63) is 22.4 Å². The Labute approximate surface area is 85.4 Å². The molecule has 2 rings (SSSR count). The summed E-state index contributed by atoms with van der Waals surface area (Å²) in [5, 5.41) is 13.5. The van der Waals surface area contributed by atoms with E-state index >= 15 is 0 Å². The molecule has 3 N–H and O–H groups in total. The van der Waals surface area contributed by atoms with Gasteiger partial charge in [-0.25, -0.2) is 4.98 Å². The Kier molecular flexibility index (Phi) is 2.38. The molecule has 0 unspecified atom stereocenters. The highest BCUT2D eigenvalue weighted by atomic mass is 16.6. The molecule has 0 aliphatic carbocycles. The van der Waals surface area contributed by atoms with Gasteiger partial charge in [0.1, 0.15) is 12.0 Å². The second-order valence-electron chi connectivity index (χ2n) is 3.27. The summed E-state index contributed by atoms with van der Waals surface area (Å²) in [5.41, 5.74) is 5.78. The number of nitrogens with two attached hydrogens (primary N) is 1. The van der Waals surface area contributed by atoms with Crippen LogP contribution in [-0.4, -0.2) is 29.2 Å². The molecule has 0 atom stereocenters. The number of anilines is 2. The van der Waals surface area contributed by atoms with Gasteiger partial charge in [0.2, 0.25) is 0 Å². The third-order valence-corrected chi connectivity index (χ3v) is 2.09. The van der Waals surface area contributed by atoms with Crippen molar-refractivity contribution in [1.82, 2.24) is 4.98 Å². The van der Waals surface area contributed by atoms with E-state index in [4.69, 9.17) is 10.5 Å². The van der Waals surface area contributed by atoms with Gasteiger partial charge in [-0.05, 0) is 0 Å². The average molecular weight is 210 g/mol. The van der Waals surface area contributed by atoms with Crippen molar-refractivity contribution in [2.24, 2.45) is 0 Å². The third kappa shape index (κ3) is 1.96. The van der Waals surface area contributed by atoms with Gasteiger partial charge in [0.05, 0.1) is 29.9 Å². The van der Waals surface area contributed by atoms with Crippen LogP contribution in [0.1, 0.15) is 0 Å². The van der Waals surface area contributed by atoms with Crippen molar-refractivity contribution in [3.63, 3.8) is 0 Å². The van der Waals surface area contributed by atoms with Crippen LogP contribution in [0.3, 0.4) is 0 Å². The molecular formula is C8H10N4O3. The summed E-state index contributed by atoms with van der Waals surface area (Å²) in [6.45, 7) is 1.22. The quantitative estimate of drug-likeness (QED) is 0.552. The topological polar surface area (TPSA) is 103 Å². The minimum atomic E-state index is -0.528. The summed E-state index contributed by atoms with van der Waals surface area (Å²) in [6.07, 6.45) is 1.18. The van der Waals surface area contributed by atoms with Crippen LogP contribution in [0, 0.1) is 10.1 Å². The Morgan fingerprint density at radius 1 is 1.67 bits per heavy atom. The van der Waals surface area contributed by atoms with Crippen LogP contribution in [-0.2, 0) is 4.74 Å². The Morgan fingerprint density at radius 3 is 2.87 bits per heavy atom. The van der Waals surface area contributed by atoms with Crippen molar-refractivity contribution in [1.29, 1.82) is 0 Å². The molecule has 1 fully saturated rings. The fourth-order valence-corrected chi connectivity index (χ4v) is 1.20. The third-order valence-electron chi connectivity index (χ3n) is 2.09. The molecule has 0 bridgehead atoms. The Bertz CT molecular complexity index is 391. The van der Waals surface area contributed by atoms with Crippen molar-refractivity contribution in [2.75, 3.05) is 24.3 Å². The number of hydrogen-bond donors (Lipinski definition) is 2. The summed E-state index contributed by atoms with van der Waals surface area (Å²) in [7, 11) is 0. The van der Waals surface area contributed by atoms with Gasteiger partial charge in [-0.15, -0.1) is 0 Å². The van der Waals surface area contributed by atoms with Crippen LogP contribution in [0.5, 0.6) is 0 Å². The van der Waals surface area contributed by atoms with Crippen LogP contribution in [0.4, 0.5) is 17.2 Å². The van der Waals surface area contributed by atoms with E-state index in [1.54, 1.807) is 0 Å². The van der Waals surface area contributed by atoms with Gasteiger partial charge in [-0.1, -0.05) is 0 Å². The Balaban J connectivity index is 2.14. The van der Waals surface area contributed by atoms with E-state index in [9.17, 15) is 10.1 Å². The molecule has 1 aliphatic heterocycles. The van der Waals surface area contributed by atoms with Crippen molar-refractivity contribution < 1.29 is 9.66 Å². The first-order valence-electron chi connectivity index (χ1n) is 4.41. The molecule has 0 radical (unpaired) electrons. The number of nitrogen functional groups attached to an aromatic ring is 1. The zero-order chi connectivity index (χ0) is 10.8. The Hall–Kier alpha value is -1.89. The second-order valence-corrected chi connectivity index (χ2v) is 3.27. The summed E-state index contributed by atoms with van der Waals surface area (Å²) in [4.78, 5) is 13.8. The molecule has 1 aromatic heterocycles. The lowest BCUT2D eigenvalue weighted by Crippen LogP contribution is -2.40. The van der Waals surface area contributed by atoms with Crippen molar-refractivity contribution in [2.45, 2.75) is 6.04 Å². The Morgan fingerprint density at radius 2 is 2.40 bits per heavy atom. The fraction of sp³-hybridized carbons (Fsp3) is 0.375. The van der Waals surface area contributed by atoms with Crippen LogP contribution in [0.2, 0.25) is 0 Å². The van der Waals surface area contributed by atoms with Crippen LogP contribution in [0.25, 0.3) is 0 Å². The number of ether oxygens (including phenoxy) is 1. The molecule has 80 valence electrons. The zero-order valence-electron chi connectivity index (χ0n) is 7.84. The predicted octanol–water partition coefficient (Wildman–Crippen LogP) is 0.383. The number of aromatic nitrogens is 1. The molecule has 15 heavy (non-hydrogen) atoms. The number of nitrogens with zero attached hydrogens (tertiary/aromatic N) is 2. The minimum absolute atomic E-state index is 0.108. The van der Waals surface area contributed by atoms with Gasteiger partial charge >= 0.3 is 0 Å². The number of pyridine rings is 1. The maximum Gasteiger partial charge on any atom is 0.289 e. The van der Waals surface area contributed by atoms with Crippen LogP contribution < -0.4 is 11.1 Å². The monoisotopic (exact) mass is 210 g/mol. The number of nitrogens with one attached hydrogen (secondary N) is 1. The molecule has 0 saturated carbocycles. The van der Waals surface area contributed by atoms with Gasteiger partial charge in [0.25, 0.3) is 5.69 Å². The number of rotatable bonds is 3. The van der Waals surface area contributed by atoms with E-state index < -0.39 is 4.92 Å². The van der Waals surface area contributed by atoms with E-state index in [0.717, 1.165) is 0 Å². The first-order valence-corrected chi connectivity index (χ1v) is 4.41. The number of nitro groups is 1. The largest absolute Gasteiger partial charge is 0.396 e. The lowest BCUT2D eigenvalue weighted by atomic mass is 10.2. The van der Waals surface area contributed by atoms with E-state index in [1.165, 1.54) is 12.3 Å². The highest BCUT2D eigenvalue weighted by Crippen LogP contribution is 2.22. The highest BCUT2D eigenvalue weighted by Gasteiger charge is 2.20. The molecule has 1 aromatic rings. The number of hydrogen-bond acceptors (Lipinski definition) is 6.